The van der Waals surface area contributed by atoms with E-state index in [1.165, 1.54) is 5.56 Å². The molecular weight excluding hydrogens is 210 g/mol. The van der Waals surface area contributed by atoms with E-state index in [9.17, 15) is 0 Å². The molecule has 0 amide bonds. The van der Waals surface area contributed by atoms with Gasteiger partial charge in [-0.2, -0.15) is 0 Å². The normalized spacial score (nSPS) is 13.3. The zero-order valence-electron chi connectivity index (χ0n) is 11.5. The third-order valence-electron chi connectivity index (χ3n) is 3.09. The summed E-state index contributed by atoms with van der Waals surface area (Å²) in [5.41, 5.74) is 8.10. The van der Waals surface area contributed by atoms with Crippen LogP contribution in [0.25, 0.3) is 0 Å². The smallest absolute Gasteiger partial charge is 0.0359 e. The molecule has 0 aliphatic rings. The lowest BCUT2D eigenvalue weighted by Crippen LogP contribution is -2.39. The first-order valence-corrected chi connectivity index (χ1v) is 6.26. The third-order valence-corrected chi connectivity index (χ3v) is 3.09. The first-order valence-electron chi connectivity index (χ1n) is 6.26. The van der Waals surface area contributed by atoms with Crippen LogP contribution in [0.3, 0.4) is 0 Å². The number of anilines is 1. The average molecular weight is 235 g/mol. The van der Waals surface area contributed by atoms with Gasteiger partial charge in [-0.3, -0.25) is 4.90 Å². The van der Waals surface area contributed by atoms with Crippen LogP contribution in [-0.2, 0) is 6.54 Å². The maximum Gasteiger partial charge on any atom is 0.0359 e. The van der Waals surface area contributed by atoms with Gasteiger partial charge in [-0.25, -0.2) is 0 Å². The molecule has 0 aromatic heterocycles. The molecule has 1 unspecified atom stereocenters. The molecule has 0 aliphatic heterocycles. The van der Waals surface area contributed by atoms with Gasteiger partial charge in [0.2, 0.25) is 0 Å². The van der Waals surface area contributed by atoms with Crippen molar-refractivity contribution in [2.75, 3.05) is 32.9 Å². The van der Waals surface area contributed by atoms with E-state index in [0.29, 0.717) is 6.04 Å². The topological polar surface area (TPSA) is 32.5 Å². The van der Waals surface area contributed by atoms with Crippen molar-refractivity contribution < 1.29 is 0 Å². The van der Waals surface area contributed by atoms with Crippen molar-refractivity contribution in [3.8, 4) is 0 Å². The molecule has 0 fully saturated rings. The second kappa shape index (κ2) is 6.62. The number of nitrogens with two attached hydrogens (primary N) is 1. The molecule has 0 heterocycles. The predicted octanol–water partition coefficient (Wildman–Crippen LogP) is 2.04. The van der Waals surface area contributed by atoms with Gasteiger partial charge < -0.3 is 10.6 Å². The lowest BCUT2D eigenvalue weighted by Gasteiger charge is -2.30. The molecule has 2 N–H and O–H groups in total. The van der Waals surface area contributed by atoms with Crippen molar-refractivity contribution in [1.82, 2.24) is 9.80 Å². The molecule has 1 aromatic rings. The Morgan fingerprint density at radius 1 is 1.24 bits per heavy atom. The molecule has 1 atom stereocenters. The number of benzene rings is 1. The Labute approximate surface area is 105 Å². The summed E-state index contributed by atoms with van der Waals surface area (Å²) in [6.45, 7) is 7.51. The van der Waals surface area contributed by atoms with E-state index in [-0.39, 0.29) is 0 Å². The largest absolute Gasteiger partial charge is 0.398 e. The van der Waals surface area contributed by atoms with Crippen molar-refractivity contribution in [2.24, 2.45) is 0 Å². The highest BCUT2D eigenvalue weighted by Gasteiger charge is 2.14. The molecule has 0 saturated carbocycles. The van der Waals surface area contributed by atoms with E-state index >= 15 is 0 Å². The van der Waals surface area contributed by atoms with Gasteiger partial charge in [-0.05, 0) is 39.2 Å². The molecule has 1 aromatic carbocycles. The van der Waals surface area contributed by atoms with Gasteiger partial charge in [0.1, 0.15) is 0 Å². The number of nitrogen functional groups attached to an aromatic ring is 1. The molecule has 3 heteroatoms. The van der Waals surface area contributed by atoms with E-state index in [4.69, 9.17) is 5.73 Å². The summed E-state index contributed by atoms with van der Waals surface area (Å²) in [7, 11) is 4.22. The van der Waals surface area contributed by atoms with Crippen LogP contribution in [0.15, 0.2) is 24.3 Å². The summed E-state index contributed by atoms with van der Waals surface area (Å²) in [6.07, 6.45) is 0. The van der Waals surface area contributed by atoms with E-state index in [1.807, 2.05) is 12.1 Å². The van der Waals surface area contributed by atoms with E-state index < -0.39 is 0 Å². The molecule has 1 rings (SSSR count). The Balaban J connectivity index is 2.66. The Hall–Kier alpha value is -1.06. The first-order chi connectivity index (χ1) is 8.04. The summed E-state index contributed by atoms with van der Waals surface area (Å²) in [5, 5.41) is 0. The van der Waals surface area contributed by atoms with Crippen molar-refractivity contribution in [1.29, 1.82) is 0 Å². The van der Waals surface area contributed by atoms with Crippen molar-refractivity contribution in [3.05, 3.63) is 29.8 Å². The van der Waals surface area contributed by atoms with Gasteiger partial charge in [0, 0.05) is 24.8 Å². The number of likely N-dealkylation sites (N-methyl/N-ethyl adjacent to an activating group) is 2. The SMILES string of the molecule is CCN(Cc1ccccc1N)C(C)CN(C)C. The summed E-state index contributed by atoms with van der Waals surface area (Å²) in [6, 6.07) is 8.66. The minimum Gasteiger partial charge on any atom is -0.398 e. The average Bonchev–Trinajstić information content (AvgIpc) is 2.27. The van der Waals surface area contributed by atoms with Crippen molar-refractivity contribution >= 4 is 5.69 Å². The number of nitrogens with zero attached hydrogens (tertiary/aromatic N) is 2. The quantitative estimate of drug-likeness (QED) is 0.766. The molecule has 0 spiro atoms. The fourth-order valence-electron chi connectivity index (χ4n) is 2.12. The van der Waals surface area contributed by atoms with Crippen LogP contribution in [0.1, 0.15) is 19.4 Å². The highest BCUT2D eigenvalue weighted by Crippen LogP contribution is 2.15. The van der Waals surface area contributed by atoms with Crippen molar-refractivity contribution in [2.45, 2.75) is 26.4 Å². The maximum absolute atomic E-state index is 5.99. The monoisotopic (exact) mass is 235 g/mol. The number of hydrogen-bond donors (Lipinski definition) is 1. The van der Waals surface area contributed by atoms with Crippen LogP contribution in [0, 0.1) is 0 Å². The standard InChI is InChI=1S/C14H25N3/c1-5-17(12(2)10-16(3)4)11-13-8-6-7-9-14(13)15/h6-9,12H,5,10-11,15H2,1-4H3. The molecule has 0 bridgehead atoms. The molecular formula is C14H25N3. The lowest BCUT2D eigenvalue weighted by atomic mass is 10.1. The van der Waals surface area contributed by atoms with Crippen LogP contribution in [-0.4, -0.2) is 43.0 Å². The minimum atomic E-state index is 0.537. The maximum atomic E-state index is 5.99. The molecule has 3 nitrogen and oxygen atoms in total. The van der Waals surface area contributed by atoms with E-state index in [2.05, 4.69) is 49.9 Å². The second-order valence-corrected chi connectivity index (χ2v) is 4.87. The van der Waals surface area contributed by atoms with Crippen LogP contribution in [0.4, 0.5) is 5.69 Å². The highest BCUT2D eigenvalue weighted by molar-refractivity contribution is 5.46. The van der Waals surface area contributed by atoms with Gasteiger partial charge in [0.05, 0.1) is 0 Å². The second-order valence-electron chi connectivity index (χ2n) is 4.87. The molecule has 0 radical (unpaired) electrons. The highest BCUT2D eigenvalue weighted by atomic mass is 15.2. The molecule has 96 valence electrons. The van der Waals surface area contributed by atoms with Crippen molar-refractivity contribution in [3.63, 3.8) is 0 Å². The van der Waals surface area contributed by atoms with Gasteiger partial charge in [0.15, 0.2) is 0 Å². The van der Waals surface area contributed by atoms with E-state index in [1.54, 1.807) is 0 Å². The zero-order valence-corrected chi connectivity index (χ0v) is 11.5. The van der Waals surface area contributed by atoms with Crippen LogP contribution in [0.5, 0.6) is 0 Å². The van der Waals surface area contributed by atoms with Gasteiger partial charge in [-0.1, -0.05) is 25.1 Å². The number of para-hydroxylation sites is 1. The fraction of sp³-hybridized carbons (Fsp3) is 0.571. The molecule has 0 aliphatic carbocycles. The van der Waals surface area contributed by atoms with Gasteiger partial charge in [0.25, 0.3) is 0 Å². The van der Waals surface area contributed by atoms with Gasteiger partial charge in [-0.15, -0.1) is 0 Å². The third kappa shape index (κ3) is 4.36. The molecule has 0 saturated heterocycles. The lowest BCUT2D eigenvalue weighted by molar-refractivity contribution is 0.174. The van der Waals surface area contributed by atoms with Crippen LogP contribution >= 0.6 is 0 Å². The Bertz CT molecular complexity index is 336. The van der Waals surface area contributed by atoms with Crippen LogP contribution < -0.4 is 5.73 Å². The summed E-state index contributed by atoms with van der Waals surface area (Å²) in [5.74, 6) is 0. The van der Waals surface area contributed by atoms with E-state index in [0.717, 1.165) is 25.3 Å². The fourth-order valence-corrected chi connectivity index (χ4v) is 2.12. The summed E-state index contributed by atoms with van der Waals surface area (Å²) >= 11 is 0. The Kier molecular flexibility index (Phi) is 5.45. The zero-order chi connectivity index (χ0) is 12.8. The minimum absolute atomic E-state index is 0.537. The Morgan fingerprint density at radius 2 is 1.88 bits per heavy atom. The number of hydrogen-bond acceptors (Lipinski definition) is 3. The van der Waals surface area contributed by atoms with Gasteiger partial charge >= 0.3 is 0 Å². The number of rotatable bonds is 6. The first kappa shape index (κ1) is 14.0. The Morgan fingerprint density at radius 3 is 2.41 bits per heavy atom. The van der Waals surface area contributed by atoms with Crippen LogP contribution in [0.2, 0.25) is 0 Å². The molecule has 17 heavy (non-hydrogen) atoms. The predicted molar refractivity (Wildman–Crippen MR) is 75.0 cm³/mol. The summed E-state index contributed by atoms with van der Waals surface area (Å²) in [4.78, 5) is 4.67. The summed E-state index contributed by atoms with van der Waals surface area (Å²) < 4.78 is 0.